The van der Waals surface area contributed by atoms with Gasteiger partial charge in [-0.3, -0.25) is 0 Å². The van der Waals surface area contributed by atoms with Crippen LogP contribution in [0, 0.1) is 5.82 Å². The highest BCUT2D eigenvalue weighted by atomic mass is 35.5. The van der Waals surface area contributed by atoms with Gasteiger partial charge in [0.2, 0.25) is 0 Å². The number of benzene rings is 2. The molecule has 106 valence electrons. The maximum absolute atomic E-state index is 13.7. The first-order chi connectivity index (χ1) is 9.70. The molecule has 0 saturated heterocycles. The number of hydrogen-bond donors (Lipinski definition) is 1. The van der Waals surface area contributed by atoms with Crippen LogP contribution in [-0.4, -0.2) is 6.61 Å². The minimum atomic E-state index is -0.260. The molecular weight excluding hydrogens is 277 g/mol. The molecule has 0 bridgehead atoms. The lowest BCUT2D eigenvalue weighted by Gasteiger charge is -2.12. The van der Waals surface area contributed by atoms with Crippen molar-refractivity contribution in [3.63, 3.8) is 0 Å². The highest BCUT2D eigenvalue weighted by molar-refractivity contribution is 6.30. The maximum Gasteiger partial charge on any atom is 0.128 e. The topological polar surface area (TPSA) is 21.3 Å². The van der Waals surface area contributed by atoms with Gasteiger partial charge in [-0.05, 0) is 31.2 Å². The van der Waals surface area contributed by atoms with Crippen LogP contribution in [0.3, 0.4) is 0 Å². The van der Waals surface area contributed by atoms with Crippen molar-refractivity contribution in [3.05, 3.63) is 64.4 Å². The monoisotopic (exact) mass is 293 g/mol. The molecule has 4 heteroatoms. The molecule has 0 aliphatic rings. The maximum atomic E-state index is 13.7. The molecule has 0 radical (unpaired) electrons. The lowest BCUT2D eigenvalue weighted by molar-refractivity contribution is 0.134. The summed E-state index contributed by atoms with van der Waals surface area (Å²) in [6.07, 6.45) is 0. The zero-order valence-electron chi connectivity index (χ0n) is 11.3. The summed E-state index contributed by atoms with van der Waals surface area (Å²) < 4.78 is 19.1. The molecule has 2 aromatic carbocycles. The summed E-state index contributed by atoms with van der Waals surface area (Å²) in [4.78, 5) is 0. The highest BCUT2D eigenvalue weighted by Crippen LogP contribution is 2.19. The lowest BCUT2D eigenvalue weighted by atomic mass is 10.1. The van der Waals surface area contributed by atoms with Crippen molar-refractivity contribution in [1.82, 2.24) is 0 Å². The zero-order chi connectivity index (χ0) is 14.4. The number of rotatable bonds is 6. The number of anilines is 1. The van der Waals surface area contributed by atoms with Crippen LogP contribution >= 0.6 is 11.6 Å². The summed E-state index contributed by atoms with van der Waals surface area (Å²) in [7, 11) is 0. The third-order valence-electron chi connectivity index (χ3n) is 2.96. The fourth-order valence-corrected chi connectivity index (χ4v) is 2.09. The Morgan fingerprint density at radius 3 is 2.75 bits per heavy atom. The molecule has 0 aliphatic carbocycles. The van der Waals surface area contributed by atoms with Gasteiger partial charge in [0.15, 0.2) is 0 Å². The fourth-order valence-electron chi connectivity index (χ4n) is 1.90. The molecule has 1 N–H and O–H groups in total. The summed E-state index contributed by atoms with van der Waals surface area (Å²) >= 11 is 5.88. The van der Waals surface area contributed by atoms with Crippen LogP contribution in [0.1, 0.15) is 18.1 Å². The largest absolute Gasteiger partial charge is 0.381 e. The van der Waals surface area contributed by atoms with Crippen molar-refractivity contribution < 1.29 is 9.13 Å². The van der Waals surface area contributed by atoms with Crippen LogP contribution in [0.5, 0.6) is 0 Å². The van der Waals surface area contributed by atoms with E-state index in [1.807, 2.05) is 31.2 Å². The van der Waals surface area contributed by atoms with Crippen molar-refractivity contribution in [2.45, 2.75) is 20.1 Å². The van der Waals surface area contributed by atoms with E-state index in [-0.39, 0.29) is 5.82 Å². The molecule has 2 rings (SSSR count). The van der Waals surface area contributed by atoms with E-state index in [4.69, 9.17) is 16.3 Å². The molecule has 0 aliphatic heterocycles. The van der Waals surface area contributed by atoms with Gasteiger partial charge in [0.25, 0.3) is 0 Å². The Hall–Kier alpha value is -1.58. The van der Waals surface area contributed by atoms with Crippen LogP contribution in [0.25, 0.3) is 0 Å². The van der Waals surface area contributed by atoms with E-state index in [0.29, 0.717) is 30.3 Å². The molecule has 0 saturated carbocycles. The molecule has 0 heterocycles. The minimum Gasteiger partial charge on any atom is -0.381 e. The molecule has 0 aromatic heterocycles. The first kappa shape index (κ1) is 14.8. The van der Waals surface area contributed by atoms with Crippen LogP contribution in [0.2, 0.25) is 5.02 Å². The normalized spacial score (nSPS) is 10.6. The number of ether oxygens (including phenoxy) is 1. The molecule has 2 aromatic rings. The molecule has 0 fully saturated rings. The first-order valence-electron chi connectivity index (χ1n) is 6.54. The molecule has 0 amide bonds. The molecule has 0 unspecified atom stereocenters. The standard InChI is InChI=1S/C16H17ClFNO/c1-2-20-11-12-5-3-4-6-16(12)19-10-13-9-14(17)7-8-15(13)18/h3-9,19H,2,10-11H2,1H3. The average molecular weight is 294 g/mol. The lowest BCUT2D eigenvalue weighted by Crippen LogP contribution is -2.05. The molecule has 0 spiro atoms. The summed E-state index contributed by atoms with van der Waals surface area (Å²) in [5.74, 6) is -0.260. The second-order valence-corrected chi connectivity index (χ2v) is 4.82. The SMILES string of the molecule is CCOCc1ccccc1NCc1cc(Cl)ccc1F. The van der Waals surface area contributed by atoms with Gasteiger partial charge in [-0.25, -0.2) is 4.39 Å². The first-order valence-corrected chi connectivity index (χ1v) is 6.92. The summed E-state index contributed by atoms with van der Waals surface area (Å²) in [6.45, 7) is 3.54. The van der Waals surface area contributed by atoms with Gasteiger partial charge in [-0.15, -0.1) is 0 Å². The zero-order valence-corrected chi connectivity index (χ0v) is 12.1. The molecule has 0 atom stereocenters. The number of para-hydroxylation sites is 1. The number of halogens is 2. The van der Waals surface area contributed by atoms with Crippen molar-refractivity contribution in [1.29, 1.82) is 0 Å². The van der Waals surface area contributed by atoms with E-state index in [0.717, 1.165) is 11.3 Å². The average Bonchev–Trinajstić information content (AvgIpc) is 2.47. The molecular formula is C16H17ClFNO. The Morgan fingerprint density at radius 2 is 1.95 bits per heavy atom. The second-order valence-electron chi connectivity index (χ2n) is 4.38. The smallest absolute Gasteiger partial charge is 0.128 e. The van der Waals surface area contributed by atoms with Crippen LogP contribution in [0.4, 0.5) is 10.1 Å². The van der Waals surface area contributed by atoms with Crippen LogP contribution in [-0.2, 0) is 17.9 Å². The molecule has 2 nitrogen and oxygen atoms in total. The Bertz CT molecular complexity index is 574. The third-order valence-corrected chi connectivity index (χ3v) is 3.19. The van der Waals surface area contributed by atoms with E-state index in [1.54, 1.807) is 12.1 Å². The van der Waals surface area contributed by atoms with E-state index < -0.39 is 0 Å². The Balaban J connectivity index is 2.08. The van der Waals surface area contributed by atoms with Gasteiger partial charge in [-0.1, -0.05) is 29.8 Å². The van der Waals surface area contributed by atoms with Gasteiger partial charge in [0, 0.05) is 35.0 Å². The van der Waals surface area contributed by atoms with E-state index >= 15 is 0 Å². The Kier molecular flexibility index (Phi) is 5.39. The quantitative estimate of drug-likeness (QED) is 0.838. The van der Waals surface area contributed by atoms with Gasteiger partial charge in [0.05, 0.1) is 6.61 Å². The third kappa shape index (κ3) is 3.95. The minimum absolute atomic E-state index is 0.260. The predicted molar refractivity (Wildman–Crippen MR) is 80.5 cm³/mol. The Morgan fingerprint density at radius 1 is 1.15 bits per heavy atom. The predicted octanol–water partition coefficient (Wildman–Crippen LogP) is 4.63. The number of hydrogen-bond acceptors (Lipinski definition) is 2. The molecule has 20 heavy (non-hydrogen) atoms. The summed E-state index contributed by atoms with van der Waals surface area (Å²) in [5.41, 5.74) is 2.54. The highest BCUT2D eigenvalue weighted by Gasteiger charge is 2.05. The summed E-state index contributed by atoms with van der Waals surface area (Å²) in [5, 5.41) is 3.76. The van der Waals surface area contributed by atoms with Gasteiger partial charge in [0.1, 0.15) is 5.82 Å². The van der Waals surface area contributed by atoms with E-state index in [9.17, 15) is 4.39 Å². The van der Waals surface area contributed by atoms with Crippen molar-refractivity contribution >= 4 is 17.3 Å². The van der Waals surface area contributed by atoms with E-state index in [1.165, 1.54) is 6.07 Å². The van der Waals surface area contributed by atoms with Crippen LogP contribution in [0.15, 0.2) is 42.5 Å². The second kappa shape index (κ2) is 7.27. The van der Waals surface area contributed by atoms with Crippen molar-refractivity contribution in [2.24, 2.45) is 0 Å². The number of nitrogens with one attached hydrogen (secondary N) is 1. The Labute approximate surface area is 123 Å². The van der Waals surface area contributed by atoms with Gasteiger partial charge in [-0.2, -0.15) is 0 Å². The van der Waals surface area contributed by atoms with Crippen molar-refractivity contribution in [3.8, 4) is 0 Å². The van der Waals surface area contributed by atoms with Crippen LogP contribution < -0.4 is 5.32 Å². The van der Waals surface area contributed by atoms with Gasteiger partial charge < -0.3 is 10.1 Å². The van der Waals surface area contributed by atoms with Crippen molar-refractivity contribution in [2.75, 3.05) is 11.9 Å². The van der Waals surface area contributed by atoms with Gasteiger partial charge >= 0.3 is 0 Å². The fraction of sp³-hybridized carbons (Fsp3) is 0.250. The summed E-state index contributed by atoms with van der Waals surface area (Å²) in [6, 6.07) is 12.4. The van der Waals surface area contributed by atoms with E-state index in [2.05, 4.69) is 5.32 Å².